The molecule has 0 aliphatic carbocycles. The molecule has 0 radical (unpaired) electrons. The quantitative estimate of drug-likeness (QED) is 0.395. The summed E-state index contributed by atoms with van der Waals surface area (Å²) in [5.74, 6) is -0.149. The molecule has 34 heavy (non-hydrogen) atoms. The lowest BCUT2D eigenvalue weighted by atomic mass is 9.69. The molecule has 0 saturated heterocycles. The number of anilines is 1. The van der Waals surface area contributed by atoms with E-state index in [9.17, 15) is 4.79 Å². The molecule has 0 saturated carbocycles. The smallest absolute Gasteiger partial charge is 0.255 e. The lowest BCUT2D eigenvalue weighted by Gasteiger charge is -2.19. The van der Waals surface area contributed by atoms with Crippen molar-refractivity contribution in [2.45, 2.75) is 27.3 Å². The van der Waals surface area contributed by atoms with E-state index in [0.717, 1.165) is 53.5 Å². The van der Waals surface area contributed by atoms with Crippen LogP contribution in [0.5, 0.6) is 0 Å². The monoisotopic (exact) mass is 452 g/mol. The molecule has 2 aromatic heterocycles. The minimum Gasteiger partial charge on any atom is -0.322 e. The summed E-state index contributed by atoms with van der Waals surface area (Å²) in [5.41, 5.74) is 6.12. The van der Waals surface area contributed by atoms with Crippen molar-refractivity contribution in [2.24, 2.45) is 0 Å². The van der Waals surface area contributed by atoms with Crippen LogP contribution in [-0.2, 0) is 6.54 Å². The van der Waals surface area contributed by atoms with Crippen LogP contribution in [0.1, 0.15) is 35.5 Å². The molecular weight excluding hydrogens is 423 g/mol. The summed E-state index contributed by atoms with van der Waals surface area (Å²) in [6, 6.07) is 15.6. The number of hydrogen-bond acceptors (Lipinski definition) is 5. The number of carbonyl (C=O) groups excluding carboxylic acids is 1. The normalized spacial score (nSPS) is 10.9. The fraction of sp³-hybridized carbons (Fsp3) is 0.231. The Bertz CT molecular complexity index is 1250. The Hall–Kier alpha value is -3.78. The zero-order valence-corrected chi connectivity index (χ0v) is 19.9. The summed E-state index contributed by atoms with van der Waals surface area (Å²) in [6.07, 6.45) is 7.23. The summed E-state index contributed by atoms with van der Waals surface area (Å²) in [7, 11) is 0.575. The van der Waals surface area contributed by atoms with Gasteiger partial charge in [-0.1, -0.05) is 37.5 Å². The van der Waals surface area contributed by atoms with Crippen LogP contribution in [0.3, 0.4) is 0 Å². The molecule has 0 aliphatic rings. The van der Waals surface area contributed by atoms with Gasteiger partial charge in [0, 0.05) is 42.1 Å². The number of amides is 1. The van der Waals surface area contributed by atoms with E-state index in [0.29, 0.717) is 12.8 Å². The van der Waals surface area contributed by atoms with Crippen LogP contribution >= 0.6 is 0 Å². The van der Waals surface area contributed by atoms with Gasteiger partial charge in [-0.05, 0) is 55.9 Å². The van der Waals surface area contributed by atoms with Gasteiger partial charge in [-0.25, -0.2) is 4.98 Å². The molecule has 4 aromatic rings. The molecule has 8 heteroatoms. The van der Waals surface area contributed by atoms with Crippen molar-refractivity contribution >= 4 is 30.1 Å². The number of rotatable bonds is 9. The van der Waals surface area contributed by atoms with Crippen LogP contribution in [0, 0.1) is 6.92 Å². The third kappa shape index (κ3) is 5.96. The Balaban J connectivity index is 1.58. The second-order valence-corrected chi connectivity index (χ2v) is 8.27. The molecular formula is C26H29BN6O. The average molecular weight is 452 g/mol. The molecule has 172 valence electrons. The van der Waals surface area contributed by atoms with E-state index >= 15 is 0 Å². The van der Waals surface area contributed by atoms with Gasteiger partial charge >= 0.3 is 0 Å². The van der Waals surface area contributed by atoms with Crippen molar-refractivity contribution in [3.63, 3.8) is 0 Å². The van der Waals surface area contributed by atoms with Crippen LogP contribution in [0.25, 0.3) is 5.69 Å². The number of nitrogens with zero attached hydrogens (tertiary/aromatic N) is 5. The SMILES string of the molecule is CCN(CC)Cc1cc(NC(=O)c2cccc(Bc3ncccn3)c2)cc(-n2cnc(C)c2)c1. The number of carbonyl (C=O) groups is 1. The predicted molar refractivity (Wildman–Crippen MR) is 138 cm³/mol. The summed E-state index contributed by atoms with van der Waals surface area (Å²) >= 11 is 0. The Morgan fingerprint density at radius 1 is 1.03 bits per heavy atom. The average Bonchev–Trinajstić information content (AvgIpc) is 3.29. The predicted octanol–water partition coefficient (Wildman–Crippen LogP) is 2.45. The van der Waals surface area contributed by atoms with Gasteiger partial charge < -0.3 is 9.88 Å². The van der Waals surface area contributed by atoms with E-state index in [2.05, 4.69) is 45.1 Å². The number of aryl methyl sites for hydroxylation is 1. The second kappa shape index (κ2) is 10.9. The van der Waals surface area contributed by atoms with Crippen LogP contribution in [0.2, 0.25) is 0 Å². The maximum Gasteiger partial charge on any atom is 0.255 e. The number of aromatic nitrogens is 4. The van der Waals surface area contributed by atoms with Gasteiger partial charge in [0.05, 0.1) is 17.7 Å². The minimum atomic E-state index is -0.149. The molecule has 1 N–H and O–H groups in total. The zero-order valence-electron chi connectivity index (χ0n) is 19.9. The molecule has 0 spiro atoms. The van der Waals surface area contributed by atoms with Crippen molar-refractivity contribution in [3.8, 4) is 5.69 Å². The summed E-state index contributed by atoms with van der Waals surface area (Å²) in [5, 5.41) is 3.09. The topological polar surface area (TPSA) is 75.9 Å². The standard InChI is InChI=1S/C26H29BN6O/c1-4-32(5-2)17-20-12-23(15-24(13-20)33-16-19(3)30-18-33)31-25(34)21-8-6-9-22(14-21)27-26-28-10-7-11-29-26/h6-16,18,27H,4-5,17H2,1-3H3,(H,31,34). The lowest BCUT2D eigenvalue weighted by Crippen LogP contribution is -2.32. The number of imidazole rings is 1. The Labute approximate surface area is 201 Å². The molecule has 0 bridgehead atoms. The highest BCUT2D eigenvalue weighted by atomic mass is 16.1. The molecule has 2 heterocycles. The van der Waals surface area contributed by atoms with E-state index < -0.39 is 0 Å². The van der Waals surface area contributed by atoms with Crippen LogP contribution in [-0.4, -0.2) is 50.7 Å². The van der Waals surface area contributed by atoms with Crippen LogP contribution in [0.15, 0.2) is 73.4 Å². The van der Waals surface area contributed by atoms with Crippen LogP contribution < -0.4 is 16.5 Å². The number of nitrogens with one attached hydrogen (secondary N) is 1. The molecule has 1 amide bonds. The fourth-order valence-electron chi connectivity index (χ4n) is 3.88. The highest BCUT2D eigenvalue weighted by molar-refractivity contribution is 6.65. The summed E-state index contributed by atoms with van der Waals surface area (Å²) in [4.78, 5) is 28.4. The number of hydrogen-bond donors (Lipinski definition) is 1. The van der Waals surface area contributed by atoms with Gasteiger partial charge in [0.25, 0.3) is 5.91 Å². The Morgan fingerprint density at radius 3 is 2.53 bits per heavy atom. The Kier molecular flexibility index (Phi) is 7.49. The van der Waals surface area contributed by atoms with Gasteiger partial charge in [0.1, 0.15) is 0 Å². The third-order valence-corrected chi connectivity index (χ3v) is 5.72. The second-order valence-electron chi connectivity index (χ2n) is 8.27. The zero-order chi connectivity index (χ0) is 23.9. The first kappa shape index (κ1) is 23.4. The number of benzene rings is 2. The Morgan fingerprint density at radius 2 is 1.82 bits per heavy atom. The van der Waals surface area contributed by atoms with Gasteiger partial charge in [-0.15, -0.1) is 0 Å². The first-order valence-corrected chi connectivity index (χ1v) is 11.6. The third-order valence-electron chi connectivity index (χ3n) is 5.72. The molecule has 0 aliphatic heterocycles. The highest BCUT2D eigenvalue weighted by Crippen LogP contribution is 2.21. The lowest BCUT2D eigenvalue weighted by molar-refractivity contribution is 0.102. The van der Waals surface area contributed by atoms with Gasteiger partial charge in [-0.2, -0.15) is 0 Å². The molecule has 0 fully saturated rings. The van der Waals surface area contributed by atoms with E-state index in [1.807, 2.05) is 54.1 Å². The minimum absolute atomic E-state index is 0.149. The van der Waals surface area contributed by atoms with E-state index in [1.54, 1.807) is 24.8 Å². The maximum absolute atomic E-state index is 13.1. The van der Waals surface area contributed by atoms with Gasteiger partial charge in [0.15, 0.2) is 0 Å². The maximum atomic E-state index is 13.1. The first-order valence-electron chi connectivity index (χ1n) is 11.6. The van der Waals surface area contributed by atoms with E-state index in [4.69, 9.17) is 0 Å². The largest absolute Gasteiger partial charge is 0.322 e. The molecule has 0 atom stereocenters. The van der Waals surface area contributed by atoms with E-state index in [1.165, 1.54) is 0 Å². The van der Waals surface area contributed by atoms with Crippen molar-refractivity contribution in [2.75, 3.05) is 18.4 Å². The van der Waals surface area contributed by atoms with Gasteiger partial charge in [-0.3, -0.25) is 19.7 Å². The summed E-state index contributed by atoms with van der Waals surface area (Å²) in [6.45, 7) is 9.01. The fourth-order valence-corrected chi connectivity index (χ4v) is 3.88. The van der Waals surface area contributed by atoms with Crippen molar-refractivity contribution in [3.05, 3.63) is 90.3 Å². The molecule has 7 nitrogen and oxygen atoms in total. The van der Waals surface area contributed by atoms with Gasteiger partial charge in [0.2, 0.25) is 7.28 Å². The highest BCUT2D eigenvalue weighted by Gasteiger charge is 2.12. The molecule has 4 rings (SSSR count). The van der Waals surface area contributed by atoms with Crippen LogP contribution in [0.4, 0.5) is 5.69 Å². The van der Waals surface area contributed by atoms with Crippen molar-refractivity contribution in [1.82, 2.24) is 24.4 Å². The molecule has 2 aromatic carbocycles. The van der Waals surface area contributed by atoms with Crippen molar-refractivity contribution < 1.29 is 4.79 Å². The summed E-state index contributed by atoms with van der Waals surface area (Å²) < 4.78 is 1.98. The first-order chi connectivity index (χ1) is 16.5. The van der Waals surface area contributed by atoms with Crippen molar-refractivity contribution in [1.29, 1.82) is 0 Å². The molecule has 0 unspecified atom stereocenters. The van der Waals surface area contributed by atoms with E-state index in [-0.39, 0.29) is 5.91 Å².